The van der Waals surface area contributed by atoms with Gasteiger partial charge in [-0.15, -0.1) is 0 Å². The molecule has 156 valence electrons. The summed E-state index contributed by atoms with van der Waals surface area (Å²) in [6.07, 6.45) is 3.00. The molecule has 2 unspecified atom stereocenters. The van der Waals surface area contributed by atoms with Gasteiger partial charge in [0.25, 0.3) is 0 Å². The largest absolute Gasteiger partial charge is 0.480 e. The zero-order valence-corrected chi connectivity index (χ0v) is 16.4. The second-order valence-corrected chi connectivity index (χ2v) is 7.20. The zero-order valence-electron chi connectivity index (χ0n) is 16.4. The molecule has 0 aliphatic rings. The third-order valence-corrected chi connectivity index (χ3v) is 4.28. The molecule has 0 aliphatic heterocycles. The summed E-state index contributed by atoms with van der Waals surface area (Å²) >= 11 is 0. The number of carboxylic acid groups (broad SMARTS) is 2. The number of nitrogens with one attached hydrogen (secondary N) is 2. The molecule has 1 aromatic heterocycles. The van der Waals surface area contributed by atoms with Crippen molar-refractivity contribution in [3.05, 3.63) is 54.1 Å². The molecule has 0 fully saturated rings. The first-order valence-corrected chi connectivity index (χ1v) is 9.33. The smallest absolute Gasteiger partial charge is 0.327 e. The van der Waals surface area contributed by atoms with Crippen LogP contribution in [-0.2, 0) is 22.6 Å². The van der Waals surface area contributed by atoms with Gasteiger partial charge in [-0.25, -0.2) is 9.78 Å². The Morgan fingerprint density at radius 3 is 2.31 bits per heavy atom. The van der Waals surface area contributed by atoms with Crippen LogP contribution in [0.4, 0.5) is 4.79 Å². The Hall–Kier alpha value is -3.20. The molecule has 1 aromatic carbocycles. The molecule has 0 saturated carbocycles. The Kier molecular flexibility index (Phi) is 7.90. The van der Waals surface area contributed by atoms with Crippen LogP contribution in [0.5, 0.6) is 0 Å². The van der Waals surface area contributed by atoms with Gasteiger partial charge in [0.15, 0.2) is 0 Å². The fourth-order valence-corrected chi connectivity index (χ4v) is 2.83. The highest BCUT2D eigenvalue weighted by molar-refractivity contribution is 5.78. The van der Waals surface area contributed by atoms with Gasteiger partial charge in [-0.05, 0) is 17.9 Å². The van der Waals surface area contributed by atoms with Crippen LogP contribution >= 0.6 is 0 Å². The number of hydrogen-bond donors (Lipinski definition) is 4. The molecular formula is C20H26N4O5. The average molecular weight is 402 g/mol. The molecule has 2 rings (SSSR count). The summed E-state index contributed by atoms with van der Waals surface area (Å²) in [7, 11) is 0. The topological polar surface area (TPSA) is 134 Å². The summed E-state index contributed by atoms with van der Waals surface area (Å²) in [6, 6.07) is 6.90. The third-order valence-electron chi connectivity index (χ3n) is 4.28. The maximum atomic E-state index is 12.2. The molecule has 29 heavy (non-hydrogen) atoms. The van der Waals surface area contributed by atoms with Crippen molar-refractivity contribution in [3.63, 3.8) is 0 Å². The van der Waals surface area contributed by atoms with Crippen molar-refractivity contribution >= 4 is 18.0 Å². The molecule has 4 N–H and O–H groups in total. The van der Waals surface area contributed by atoms with Gasteiger partial charge < -0.3 is 15.5 Å². The number of carbonyl (C=O) groups excluding carboxylic acids is 1. The SMILES string of the molecule is CC(C)CC(NC(Cc1cn(C(=O)NCc2ccccc2)cn1)C(=O)O)C(=O)O. The summed E-state index contributed by atoms with van der Waals surface area (Å²) in [4.78, 5) is 39.3. The van der Waals surface area contributed by atoms with Crippen molar-refractivity contribution in [3.8, 4) is 0 Å². The number of benzene rings is 1. The van der Waals surface area contributed by atoms with Crippen LogP contribution in [0.1, 0.15) is 31.5 Å². The van der Waals surface area contributed by atoms with Gasteiger partial charge in [0.1, 0.15) is 18.4 Å². The van der Waals surface area contributed by atoms with Crippen molar-refractivity contribution in [1.82, 2.24) is 20.2 Å². The minimum atomic E-state index is -1.18. The number of amides is 1. The van der Waals surface area contributed by atoms with Crippen molar-refractivity contribution in [2.45, 2.75) is 45.3 Å². The first-order valence-electron chi connectivity index (χ1n) is 9.33. The van der Waals surface area contributed by atoms with Crippen molar-refractivity contribution in [2.75, 3.05) is 0 Å². The lowest BCUT2D eigenvalue weighted by molar-refractivity contribution is -0.142. The molecular weight excluding hydrogens is 376 g/mol. The minimum absolute atomic E-state index is 0.0455. The number of aliphatic carboxylic acids is 2. The van der Waals surface area contributed by atoms with Crippen LogP contribution in [0.15, 0.2) is 42.9 Å². The third kappa shape index (κ3) is 7.04. The Balaban J connectivity index is 1.98. The Labute approximate surface area is 168 Å². The van der Waals surface area contributed by atoms with E-state index >= 15 is 0 Å². The van der Waals surface area contributed by atoms with Crippen LogP contribution in [-0.4, -0.2) is 49.8 Å². The van der Waals surface area contributed by atoms with E-state index in [0.29, 0.717) is 18.7 Å². The second kappa shape index (κ2) is 10.4. The van der Waals surface area contributed by atoms with Crippen LogP contribution < -0.4 is 10.6 Å². The van der Waals surface area contributed by atoms with Crippen LogP contribution in [0, 0.1) is 5.92 Å². The molecule has 9 heteroatoms. The number of nitrogens with zero attached hydrogens (tertiary/aromatic N) is 2. The summed E-state index contributed by atoms with van der Waals surface area (Å²) in [5, 5.41) is 24.2. The first-order chi connectivity index (χ1) is 13.8. The summed E-state index contributed by atoms with van der Waals surface area (Å²) in [6.45, 7) is 4.08. The van der Waals surface area contributed by atoms with E-state index in [1.807, 2.05) is 44.2 Å². The number of imidazole rings is 1. The Morgan fingerprint density at radius 2 is 1.72 bits per heavy atom. The summed E-state index contributed by atoms with van der Waals surface area (Å²) in [5.74, 6) is -2.19. The maximum Gasteiger partial charge on any atom is 0.327 e. The van der Waals surface area contributed by atoms with E-state index in [0.717, 1.165) is 5.56 Å². The van der Waals surface area contributed by atoms with Crippen LogP contribution in [0.3, 0.4) is 0 Å². The van der Waals surface area contributed by atoms with Gasteiger partial charge in [-0.2, -0.15) is 0 Å². The number of hydrogen-bond acceptors (Lipinski definition) is 5. The molecule has 0 saturated heterocycles. The predicted octanol–water partition coefficient (Wildman–Crippen LogP) is 1.73. The number of carboxylic acids is 2. The molecule has 1 amide bonds. The number of rotatable bonds is 10. The zero-order chi connectivity index (χ0) is 21.4. The van der Waals surface area contributed by atoms with Crippen LogP contribution in [0.2, 0.25) is 0 Å². The molecule has 0 radical (unpaired) electrons. The van der Waals surface area contributed by atoms with E-state index in [1.165, 1.54) is 17.1 Å². The molecule has 0 aliphatic carbocycles. The highest BCUT2D eigenvalue weighted by atomic mass is 16.4. The molecule has 9 nitrogen and oxygen atoms in total. The molecule has 0 spiro atoms. The predicted molar refractivity (Wildman–Crippen MR) is 105 cm³/mol. The van der Waals surface area contributed by atoms with Gasteiger partial charge in [-0.3, -0.25) is 19.5 Å². The number of carbonyl (C=O) groups is 3. The lowest BCUT2D eigenvalue weighted by Gasteiger charge is -2.21. The van der Waals surface area contributed by atoms with Gasteiger partial charge in [0.2, 0.25) is 0 Å². The summed E-state index contributed by atoms with van der Waals surface area (Å²) < 4.78 is 1.24. The normalized spacial score (nSPS) is 13.1. The maximum absolute atomic E-state index is 12.2. The Morgan fingerprint density at radius 1 is 1.07 bits per heavy atom. The lowest BCUT2D eigenvalue weighted by Crippen LogP contribution is -2.48. The first kappa shape index (κ1) is 22.1. The molecule has 2 aromatic rings. The highest BCUT2D eigenvalue weighted by Crippen LogP contribution is 2.09. The fraction of sp³-hybridized carbons (Fsp3) is 0.400. The molecule has 2 atom stereocenters. The van der Waals surface area contributed by atoms with Crippen LogP contribution in [0.25, 0.3) is 0 Å². The minimum Gasteiger partial charge on any atom is -0.480 e. The van der Waals surface area contributed by atoms with Crippen molar-refractivity contribution in [1.29, 1.82) is 0 Å². The Bertz CT molecular complexity index is 834. The monoisotopic (exact) mass is 402 g/mol. The summed E-state index contributed by atoms with van der Waals surface area (Å²) in [5.41, 5.74) is 1.31. The quantitative estimate of drug-likeness (QED) is 0.475. The molecule has 1 heterocycles. The van der Waals surface area contributed by atoms with E-state index in [1.54, 1.807) is 0 Å². The number of aromatic nitrogens is 2. The van der Waals surface area contributed by atoms with E-state index in [-0.39, 0.29) is 12.3 Å². The second-order valence-electron chi connectivity index (χ2n) is 7.20. The van der Waals surface area contributed by atoms with E-state index in [2.05, 4.69) is 15.6 Å². The molecule has 0 bridgehead atoms. The average Bonchev–Trinajstić information content (AvgIpc) is 3.14. The van der Waals surface area contributed by atoms with E-state index in [4.69, 9.17) is 0 Å². The van der Waals surface area contributed by atoms with Crippen molar-refractivity contribution < 1.29 is 24.6 Å². The lowest BCUT2D eigenvalue weighted by atomic mass is 10.0. The standard InChI is InChI=1S/C20H26N4O5/c1-13(2)8-16(18(25)26)23-17(19(27)28)9-15-11-24(12-22-15)20(29)21-10-14-6-4-3-5-7-14/h3-7,11-13,16-17,23H,8-10H2,1-2H3,(H,21,29)(H,25,26)(H,27,28). The van der Waals surface area contributed by atoms with E-state index in [9.17, 15) is 24.6 Å². The van der Waals surface area contributed by atoms with Crippen molar-refractivity contribution in [2.24, 2.45) is 5.92 Å². The van der Waals surface area contributed by atoms with Gasteiger partial charge in [-0.1, -0.05) is 44.2 Å². The fourth-order valence-electron chi connectivity index (χ4n) is 2.83. The van der Waals surface area contributed by atoms with E-state index < -0.39 is 30.1 Å². The van der Waals surface area contributed by atoms with Gasteiger partial charge >= 0.3 is 18.0 Å². The highest BCUT2D eigenvalue weighted by Gasteiger charge is 2.27. The van der Waals surface area contributed by atoms with Gasteiger partial charge in [0, 0.05) is 19.2 Å². The van der Waals surface area contributed by atoms with Gasteiger partial charge in [0.05, 0.1) is 5.69 Å².